The fraction of sp³-hybridized carbons (Fsp3) is 0.438. The van der Waals surface area contributed by atoms with E-state index < -0.39 is 17.5 Å². The molecule has 0 aromatic rings. The van der Waals surface area contributed by atoms with E-state index in [1.807, 2.05) is 0 Å². The largest absolute Gasteiger partial charge is 0.466 e. The Kier molecular flexibility index (Phi) is 5.38. The average molecular weight is 292 g/mol. The van der Waals surface area contributed by atoms with Gasteiger partial charge in [-0.05, 0) is 32.4 Å². The lowest BCUT2D eigenvalue weighted by molar-refractivity contribution is -0.136. The Hall–Kier alpha value is -2.01. The van der Waals surface area contributed by atoms with Gasteiger partial charge in [-0.1, -0.05) is 12.7 Å². The van der Waals surface area contributed by atoms with Crippen molar-refractivity contribution < 1.29 is 24.2 Å². The zero-order chi connectivity index (χ0) is 16.2. The molecular weight excluding hydrogens is 272 g/mol. The third-order valence-electron chi connectivity index (χ3n) is 3.44. The van der Waals surface area contributed by atoms with E-state index in [9.17, 15) is 19.5 Å². The molecule has 5 nitrogen and oxygen atoms in total. The summed E-state index contributed by atoms with van der Waals surface area (Å²) in [7, 11) is 1.24. The van der Waals surface area contributed by atoms with E-state index in [2.05, 4.69) is 11.3 Å². The van der Waals surface area contributed by atoms with Crippen LogP contribution < -0.4 is 0 Å². The fourth-order valence-electron chi connectivity index (χ4n) is 2.12. The molecule has 0 amide bonds. The van der Waals surface area contributed by atoms with Crippen LogP contribution in [0.2, 0.25) is 0 Å². The van der Waals surface area contributed by atoms with E-state index >= 15 is 0 Å². The van der Waals surface area contributed by atoms with Crippen molar-refractivity contribution in [1.29, 1.82) is 0 Å². The minimum absolute atomic E-state index is 0.0290. The molecule has 0 unspecified atom stereocenters. The van der Waals surface area contributed by atoms with E-state index in [4.69, 9.17) is 0 Å². The summed E-state index contributed by atoms with van der Waals surface area (Å²) < 4.78 is 4.63. The number of allylic oxidation sites excluding steroid dienone is 2. The Labute approximate surface area is 124 Å². The second-order valence-corrected chi connectivity index (χ2v) is 5.29. The summed E-state index contributed by atoms with van der Waals surface area (Å²) in [5.41, 5.74) is -1.04. The molecule has 0 saturated carbocycles. The maximum absolute atomic E-state index is 11.8. The van der Waals surface area contributed by atoms with Gasteiger partial charge in [-0.3, -0.25) is 4.79 Å². The zero-order valence-corrected chi connectivity index (χ0v) is 12.5. The summed E-state index contributed by atoms with van der Waals surface area (Å²) in [6.45, 7) is 6.61. The van der Waals surface area contributed by atoms with Crippen LogP contribution in [-0.2, 0) is 19.1 Å². The molecule has 5 heteroatoms. The highest BCUT2D eigenvalue weighted by Crippen LogP contribution is 2.30. The Morgan fingerprint density at radius 1 is 1.52 bits per heavy atom. The van der Waals surface area contributed by atoms with Crippen LogP contribution in [0.3, 0.4) is 0 Å². The van der Waals surface area contributed by atoms with Crippen molar-refractivity contribution >= 4 is 17.5 Å². The van der Waals surface area contributed by atoms with Crippen LogP contribution in [0.15, 0.2) is 36.0 Å². The minimum Gasteiger partial charge on any atom is -0.466 e. The number of carbonyl (C=O) groups is 3. The number of hydrogen-bond donors (Lipinski definition) is 1. The average Bonchev–Trinajstić information content (AvgIpc) is 2.67. The quantitative estimate of drug-likeness (QED) is 0.593. The Morgan fingerprint density at radius 3 is 2.57 bits per heavy atom. The van der Waals surface area contributed by atoms with Gasteiger partial charge in [0.15, 0.2) is 5.78 Å². The van der Waals surface area contributed by atoms with Crippen molar-refractivity contribution in [3.05, 3.63) is 36.0 Å². The number of hydrogen-bond acceptors (Lipinski definition) is 5. The molecule has 1 N–H and O–H groups in total. The standard InChI is InChI=1S/C16H20O5/c1-10(17)5-6-12(11(2)15(19)21-4)9-13-14(18)7-8-16(13,3)20/h7-9,12,20H,2,5-6H2,1,3-4H3/b13-9-/t12-,16+/m1/s1. The highest BCUT2D eigenvalue weighted by Gasteiger charge is 2.34. The Balaban J connectivity index is 3.07. The van der Waals surface area contributed by atoms with Gasteiger partial charge in [0.1, 0.15) is 11.4 Å². The Morgan fingerprint density at radius 2 is 2.14 bits per heavy atom. The Bertz CT molecular complexity index is 537. The van der Waals surface area contributed by atoms with Gasteiger partial charge in [0, 0.05) is 23.5 Å². The first kappa shape index (κ1) is 17.0. The van der Waals surface area contributed by atoms with Crippen LogP contribution in [-0.4, -0.2) is 35.4 Å². The molecule has 0 aromatic heterocycles. The summed E-state index contributed by atoms with van der Waals surface area (Å²) in [6, 6.07) is 0. The summed E-state index contributed by atoms with van der Waals surface area (Å²) >= 11 is 0. The number of carbonyl (C=O) groups excluding carboxylic acids is 3. The topological polar surface area (TPSA) is 80.7 Å². The molecule has 114 valence electrons. The van der Waals surface area contributed by atoms with Gasteiger partial charge in [0.25, 0.3) is 0 Å². The summed E-state index contributed by atoms with van der Waals surface area (Å²) in [5, 5.41) is 10.1. The highest BCUT2D eigenvalue weighted by atomic mass is 16.5. The van der Waals surface area contributed by atoms with Crippen LogP contribution in [0.25, 0.3) is 0 Å². The monoisotopic (exact) mass is 292 g/mol. The third kappa shape index (κ3) is 4.23. The summed E-state index contributed by atoms with van der Waals surface area (Å²) in [5.74, 6) is -1.48. The predicted octanol–water partition coefficient (Wildman–Crippen LogP) is 1.52. The van der Waals surface area contributed by atoms with Crippen molar-refractivity contribution in [3.8, 4) is 0 Å². The number of ether oxygens (including phenoxy) is 1. The van der Waals surface area contributed by atoms with Crippen molar-refractivity contribution in [2.45, 2.75) is 32.3 Å². The number of methoxy groups -OCH3 is 1. The molecule has 0 saturated heterocycles. The minimum atomic E-state index is -1.37. The highest BCUT2D eigenvalue weighted by molar-refractivity contribution is 6.09. The van der Waals surface area contributed by atoms with Crippen molar-refractivity contribution in [1.82, 2.24) is 0 Å². The number of ketones is 2. The van der Waals surface area contributed by atoms with E-state index in [1.165, 1.54) is 39.2 Å². The van der Waals surface area contributed by atoms with Crippen molar-refractivity contribution in [3.63, 3.8) is 0 Å². The van der Waals surface area contributed by atoms with E-state index in [1.54, 1.807) is 0 Å². The first-order chi connectivity index (χ1) is 9.69. The number of Topliss-reactive ketones (excluding diaryl/α,β-unsaturated/α-hetero) is 1. The predicted molar refractivity (Wildman–Crippen MR) is 77.4 cm³/mol. The van der Waals surface area contributed by atoms with Crippen LogP contribution in [0.1, 0.15) is 26.7 Å². The third-order valence-corrected chi connectivity index (χ3v) is 3.44. The molecule has 2 atom stereocenters. The van der Waals surface area contributed by atoms with Gasteiger partial charge in [0.05, 0.1) is 7.11 Å². The molecule has 0 bridgehead atoms. The van der Waals surface area contributed by atoms with Crippen LogP contribution >= 0.6 is 0 Å². The molecule has 1 aliphatic rings. The first-order valence-corrected chi connectivity index (χ1v) is 6.64. The van der Waals surface area contributed by atoms with E-state index in [-0.39, 0.29) is 29.1 Å². The lowest BCUT2D eigenvalue weighted by Gasteiger charge is -2.20. The fourth-order valence-corrected chi connectivity index (χ4v) is 2.12. The van der Waals surface area contributed by atoms with E-state index in [0.717, 1.165) is 0 Å². The van der Waals surface area contributed by atoms with Gasteiger partial charge < -0.3 is 14.6 Å². The van der Waals surface area contributed by atoms with Crippen molar-refractivity contribution in [2.24, 2.45) is 5.92 Å². The van der Waals surface area contributed by atoms with Gasteiger partial charge in [-0.25, -0.2) is 4.79 Å². The molecule has 0 aromatic carbocycles. The number of aliphatic hydroxyl groups is 1. The van der Waals surface area contributed by atoms with Crippen LogP contribution in [0.5, 0.6) is 0 Å². The molecule has 0 fully saturated rings. The molecule has 1 aliphatic carbocycles. The molecule has 0 heterocycles. The van der Waals surface area contributed by atoms with Crippen molar-refractivity contribution in [2.75, 3.05) is 7.11 Å². The molecule has 21 heavy (non-hydrogen) atoms. The zero-order valence-electron chi connectivity index (χ0n) is 12.5. The molecule has 0 aliphatic heterocycles. The summed E-state index contributed by atoms with van der Waals surface area (Å²) in [4.78, 5) is 34.6. The summed E-state index contributed by atoms with van der Waals surface area (Å²) in [6.07, 6.45) is 4.76. The second kappa shape index (κ2) is 6.63. The van der Waals surface area contributed by atoms with E-state index in [0.29, 0.717) is 6.42 Å². The smallest absolute Gasteiger partial charge is 0.333 e. The maximum atomic E-state index is 11.8. The van der Waals surface area contributed by atoms with Gasteiger partial charge in [-0.15, -0.1) is 0 Å². The second-order valence-electron chi connectivity index (χ2n) is 5.29. The van der Waals surface area contributed by atoms with Gasteiger partial charge in [0.2, 0.25) is 0 Å². The van der Waals surface area contributed by atoms with Gasteiger partial charge >= 0.3 is 5.97 Å². The SMILES string of the molecule is C=C(C(=O)OC)[C@@H](/C=C1/C(=O)C=C[C@]1(C)O)CCC(C)=O. The van der Waals surface area contributed by atoms with Crippen LogP contribution in [0, 0.1) is 5.92 Å². The van der Waals surface area contributed by atoms with Crippen LogP contribution in [0.4, 0.5) is 0 Å². The molecule has 0 radical (unpaired) electrons. The van der Waals surface area contributed by atoms with Gasteiger partial charge in [-0.2, -0.15) is 0 Å². The lowest BCUT2D eigenvalue weighted by atomic mass is 9.88. The molecule has 0 spiro atoms. The molecule has 1 rings (SSSR count). The molecular formula is C16H20O5. The lowest BCUT2D eigenvalue weighted by Crippen LogP contribution is -2.25. The first-order valence-electron chi connectivity index (χ1n) is 6.64. The number of esters is 1. The normalized spacial score (nSPS) is 24.2. The maximum Gasteiger partial charge on any atom is 0.333 e. The number of rotatable bonds is 6.